The van der Waals surface area contributed by atoms with E-state index in [-0.39, 0.29) is 28.0 Å². The lowest BCUT2D eigenvalue weighted by atomic mass is 9.85. The number of carbonyl (C=O) groups is 1. The summed E-state index contributed by atoms with van der Waals surface area (Å²) in [6.45, 7) is 7.23. The van der Waals surface area contributed by atoms with E-state index in [1.54, 1.807) is 26.8 Å². The fraction of sp³-hybridized carbons (Fsp3) is 0.593. The van der Waals surface area contributed by atoms with Gasteiger partial charge < -0.3 is 5.32 Å². The summed E-state index contributed by atoms with van der Waals surface area (Å²) in [7, 11) is -3.78. The van der Waals surface area contributed by atoms with Crippen LogP contribution >= 0.6 is 22.9 Å². The number of aromatic nitrogens is 1. The van der Waals surface area contributed by atoms with E-state index in [0.717, 1.165) is 41.8 Å². The highest BCUT2D eigenvalue weighted by Gasteiger charge is 2.29. The van der Waals surface area contributed by atoms with Crippen molar-refractivity contribution in [3.8, 4) is 10.4 Å². The Balaban J connectivity index is 0.00000127. The van der Waals surface area contributed by atoms with Gasteiger partial charge in [-0.1, -0.05) is 49.8 Å². The van der Waals surface area contributed by atoms with Crippen molar-refractivity contribution < 1.29 is 22.8 Å². The van der Waals surface area contributed by atoms with Crippen LogP contribution in [0.4, 0.5) is 0 Å². The molecule has 11 heteroatoms. The van der Waals surface area contributed by atoms with E-state index >= 15 is 0 Å². The number of nitrogens with zero attached hydrogens (tertiary/aromatic N) is 1. The van der Waals surface area contributed by atoms with Crippen molar-refractivity contribution in [3.05, 3.63) is 33.4 Å². The molecule has 2 saturated carbocycles. The number of sulfonamides is 1. The number of rotatable bonds is 7. The minimum Gasteiger partial charge on any atom is -0.347 e. The van der Waals surface area contributed by atoms with Gasteiger partial charge in [0.1, 0.15) is 4.90 Å². The van der Waals surface area contributed by atoms with Crippen LogP contribution in [0.2, 0.25) is 5.02 Å². The minimum atomic E-state index is -3.78. The molecule has 208 valence electrons. The highest BCUT2D eigenvalue weighted by atomic mass is 35.5. The van der Waals surface area contributed by atoms with Crippen LogP contribution in [0.25, 0.3) is 10.4 Å². The maximum Gasteiger partial charge on any atom is 0.373 e. The fourth-order valence-electron chi connectivity index (χ4n) is 4.83. The lowest BCUT2D eigenvalue weighted by Gasteiger charge is -2.25. The molecule has 2 aliphatic carbocycles. The third-order valence-corrected chi connectivity index (χ3v) is 10.4. The van der Waals surface area contributed by atoms with Gasteiger partial charge in [-0.15, -0.1) is 11.3 Å². The average Bonchev–Trinajstić information content (AvgIpc) is 3.21. The molecule has 0 saturated heterocycles. The summed E-state index contributed by atoms with van der Waals surface area (Å²) in [5.74, 6) is 0.437. The van der Waals surface area contributed by atoms with Gasteiger partial charge in [0, 0.05) is 11.6 Å². The quantitative estimate of drug-likeness (QED) is 0.434. The molecule has 1 heterocycles. The Kier molecular flexibility index (Phi) is 10.3. The topological polar surface area (TPSA) is 122 Å². The number of amides is 1. The number of carbonyl (C=O) groups excluding carboxylic acids is 3. The van der Waals surface area contributed by atoms with Gasteiger partial charge in [0.05, 0.1) is 15.6 Å². The smallest absolute Gasteiger partial charge is 0.347 e. The van der Waals surface area contributed by atoms with Crippen molar-refractivity contribution >= 4 is 45.0 Å². The molecule has 0 atom stereocenters. The summed E-state index contributed by atoms with van der Waals surface area (Å²) in [4.78, 5) is 35.0. The van der Waals surface area contributed by atoms with Crippen LogP contribution in [0.3, 0.4) is 0 Å². The standard InChI is InChI=1S/C26H36ClN3O3S2.CO2/c1-16-19(13-14-21(22(16)27)35(32,33)30-26(2,3)4)23-20(15-17-9-6-5-7-10-17)29-25(34-23)24(31)28-18-11-8-12-18;2-1-3/h13-14,17-18,30H,5-12,15H2,1-4H3,(H,28,31);. The van der Waals surface area contributed by atoms with Crippen LogP contribution in [0.5, 0.6) is 0 Å². The molecule has 38 heavy (non-hydrogen) atoms. The summed E-state index contributed by atoms with van der Waals surface area (Å²) in [6.07, 6.45) is 10.4. The van der Waals surface area contributed by atoms with Gasteiger partial charge in [-0.2, -0.15) is 9.59 Å². The molecule has 1 amide bonds. The van der Waals surface area contributed by atoms with Crippen LogP contribution in [-0.2, 0) is 26.0 Å². The molecule has 0 spiro atoms. The summed E-state index contributed by atoms with van der Waals surface area (Å²) < 4.78 is 28.6. The van der Waals surface area contributed by atoms with Gasteiger partial charge in [0.15, 0.2) is 5.01 Å². The number of hydrogen-bond acceptors (Lipinski definition) is 7. The molecule has 8 nitrogen and oxygen atoms in total. The van der Waals surface area contributed by atoms with Gasteiger partial charge in [0.25, 0.3) is 5.91 Å². The predicted molar refractivity (Wildman–Crippen MR) is 148 cm³/mol. The van der Waals surface area contributed by atoms with Gasteiger partial charge in [-0.05, 0) is 76.5 Å². The molecule has 2 fully saturated rings. The number of thiazole rings is 1. The first-order valence-electron chi connectivity index (χ1n) is 13.0. The second-order valence-corrected chi connectivity index (χ2v) is 14.1. The average molecular weight is 582 g/mol. The minimum absolute atomic E-state index is 0.0663. The van der Waals surface area contributed by atoms with Crippen LogP contribution in [-0.4, -0.2) is 37.0 Å². The number of halogens is 1. The zero-order valence-corrected chi connectivity index (χ0v) is 24.7. The van der Waals surface area contributed by atoms with Crippen molar-refractivity contribution in [2.24, 2.45) is 5.92 Å². The molecular formula is C27H36ClN3O5S2. The Hall–Kier alpha value is -2.10. The third kappa shape index (κ3) is 7.73. The first kappa shape index (κ1) is 30.4. The molecule has 0 unspecified atom stereocenters. The predicted octanol–water partition coefficient (Wildman–Crippen LogP) is 5.67. The molecular weight excluding hydrogens is 546 g/mol. The van der Waals surface area contributed by atoms with Crippen molar-refractivity contribution in [1.82, 2.24) is 15.0 Å². The summed E-state index contributed by atoms with van der Waals surface area (Å²) in [5, 5.41) is 3.78. The number of hydrogen-bond donors (Lipinski definition) is 2. The zero-order chi connectivity index (χ0) is 28.1. The lowest BCUT2D eigenvalue weighted by Crippen LogP contribution is -2.40. The lowest BCUT2D eigenvalue weighted by molar-refractivity contribution is -0.191. The highest BCUT2D eigenvalue weighted by Crippen LogP contribution is 2.40. The van der Waals surface area contributed by atoms with Crippen LogP contribution in [0.1, 0.15) is 93.2 Å². The van der Waals surface area contributed by atoms with Crippen LogP contribution < -0.4 is 10.0 Å². The molecule has 0 radical (unpaired) electrons. The number of benzene rings is 1. The van der Waals surface area contributed by atoms with E-state index < -0.39 is 15.6 Å². The Bertz CT molecular complexity index is 1280. The van der Waals surface area contributed by atoms with E-state index in [1.807, 2.05) is 13.0 Å². The monoisotopic (exact) mass is 581 g/mol. The normalized spacial score (nSPS) is 16.7. The highest BCUT2D eigenvalue weighted by molar-refractivity contribution is 7.89. The van der Waals surface area contributed by atoms with Crippen molar-refractivity contribution in [2.75, 3.05) is 0 Å². The van der Waals surface area contributed by atoms with Crippen LogP contribution in [0.15, 0.2) is 17.0 Å². The van der Waals surface area contributed by atoms with Gasteiger partial charge in [-0.25, -0.2) is 18.1 Å². The first-order chi connectivity index (χ1) is 17.9. The second-order valence-electron chi connectivity index (χ2n) is 11.1. The first-order valence-corrected chi connectivity index (χ1v) is 15.7. The zero-order valence-electron chi connectivity index (χ0n) is 22.4. The number of nitrogens with one attached hydrogen (secondary N) is 2. The Labute approximate surface area is 234 Å². The molecule has 1 aromatic heterocycles. The van der Waals surface area contributed by atoms with E-state index in [9.17, 15) is 13.2 Å². The van der Waals surface area contributed by atoms with Crippen molar-refractivity contribution in [2.45, 2.75) is 102 Å². The molecule has 1 aromatic carbocycles. The fourth-order valence-corrected chi connectivity index (χ4v) is 7.93. The molecule has 4 rings (SSSR count). The Morgan fingerprint density at radius 3 is 2.29 bits per heavy atom. The maximum atomic E-state index is 13.0. The van der Waals surface area contributed by atoms with Gasteiger partial charge in [-0.3, -0.25) is 4.79 Å². The van der Waals surface area contributed by atoms with Crippen molar-refractivity contribution in [1.29, 1.82) is 0 Å². The molecule has 2 aliphatic rings. The largest absolute Gasteiger partial charge is 0.373 e. The van der Waals surface area contributed by atoms with E-state index in [4.69, 9.17) is 26.2 Å². The third-order valence-electron chi connectivity index (χ3n) is 6.86. The van der Waals surface area contributed by atoms with Crippen molar-refractivity contribution in [3.63, 3.8) is 0 Å². The molecule has 2 N–H and O–H groups in total. The van der Waals surface area contributed by atoms with E-state index in [1.165, 1.54) is 43.4 Å². The summed E-state index contributed by atoms with van der Waals surface area (Å²) >= 11 is 8.04. The molecule has 0 aliphatic heterocycles. The summed E-state index contributed by atoms with van der Waals surface area (Å²) in [5.41, 5.74) is 1.82. The molecule has 2 aromatic rings. The molecule has 0 bridgehead atoms. The van der Waals surface area contributed by atoms with Gasteiger partial charge in [0.2, 0.25) is 10.0 Å². The van der Waals surface area contributed by atoms with E-state index in [0.29, 0.717) is 16.5 Å². The SMILES string of the molecule is Cc1c(-c2sc(C(=O)NC3CCC3)nc2CC2CCCCC2)ccc(S(=O)(=O)NC(C)(C)C)c1Cl.O=C=O. The van der Waals surface area contributed by atoms with E-state index in [2.05, 4.69) is 10.0 Å². The summed E-state index contributed by atoms with van der Waals surface area (Å²) in [6, 6.07) is 3.62. The van der Waals surface area contributed by atoms with Gasteiger partial charge >= 0.3 is 6.15 Å². The van der Waals surface area contributed by atoms with Crippen LogP contribution in [0, 0.1) is 12.8 Å². The Morgan fingerprint density at radius 1 is 1.11 bits per heavy atom. The Morgan fingerprint density at radius 2 is 1.74 bits per heavy atom. The maximum absolute atomic E-state index is 13.0. The second kappa shape index (κ2) is 12.8.